The van der Waals surface area contributed by atoms with Gasteiger partial charge < -0.3 is 28.2 Å². The Kier molecular flexibility index (Phi) is 14.6. The van der Waals surface area contributed by atoms with Crippen LogP contribution in [0.1, 0.15) is 80.6 Å². The molecule has 1 aromatic carbocycles. The van der Waals surface area contributed by atoms with Crippen LogP contribution in [0.25, 0.3) is 0 Å². The fraction of sp³-hybridized carbons (Fsp3) is 0.789. The highest BCUT2D eigenvalue weighted by atomic mass is 32.2. The summed E-state index contributed by atoms with van der Waals surface area (Å²) >= 11 is 0. The number of sulfone groups is 1. The first-order valence-corrected chi connectivity index (χ1v) is 25.7. The Balaban J connectivity index is 1.97. The van der Waals surface area contributed by atoms with Crippen molar-refractivity contribution in [1.82, 2.24) is 0 Å². The molecule has 0 bridgehead atoms. The molecule has 0 saturated carbocycles. The maximum Gasteiger partial charge on any atom is 0.192 e. The molecular formula is C38H68O8SSi2. The molecule has 8 atom stereocenters. The number of ether oxygens (including phenoxy) is 3. The number of rotatable bonds is 16. The smallest absolute Gasteiger partial charge is 0.192 e. The van der Waals surface area contributed by atoms with Gasteiger partial charge in [0.2, 0.25) is 0 Å². The standard InChI is InChI=1S/C38H68O8SSi2/c1-27-22-29(18-17-21-39)44-33(28(27)2)24-34-32(26-47(40,41)31-19-15-14-16-20-31)36(42-9)35(45-34)23-30(46-49(12,13)38(6,7)8)25-43-48(10,11)37(3,4)5/h14-16,19-20,27,29-30,32-36,39H,2,17-18,21-26H2,1,3-13H3/t27?,29-,30?,32?,33?,34-,35?,36+/m0/s1. The van der Waals surface area contributed by atoms with Crippen LogP contribution < -0.4 is 0 Å². The predicted molar refractivity (Wildman–Crippen MR) is 204 cm³/mol. The molecule has 2 aliphatic rings. The Labute approximate surface area is 300 Å². The molecule has 49 heavy (non-hydrogen) atoms. The molecular weight excluding hydrogens is 673 g/mol. The number of benzene rings is 1. The van der Waals surface area contributed by atoms with Gasteiger partial charge >= 0.3 is 0 Å². The first-order valence-electron chi connectivity index (χ1n) is 18.3. The number of hydrogen-bond acceptors (Lipinski definition) is 8. The maximum atomic E-state index is 13.9. The second-order valence-electron chi connectivity index (χ2n) is 17.5. The van der Waals surface area contributed by atoms with Crippen LogP contribution in [0.4, 0.5) is 0 Å². The highest BCUT2D eigenvalue weighted by Crippen LogP contribution is 2.43. The van der Waals surface area contributed by atoms with Crippen LogP contribution in [-0.2, 0) is 32.9 Å². The lowest BCUT2D eigenvalue weighted by Gasteiger charge is -2.42. The highest BCUT2D eigenvalue weighted by molar-refractivity contribution is 7.91. The molecule has 0 aliphatic carbocycles. The van der Waals surface area contributed by atoms with Crippen LogP contribution in [0.3, 0.4) is 0 Å². The Morgan fingerprint density at radius 2 is 1.59 bits per heavy atom. The zero-order chi connectivity index (χ0) is 37.0. The van der Waals surface area contributed by atoms with E-state index >= 15 is 0 Å². The monoisotopic (exact) mass is 740 g/mol. The fourth-order valence-electron chi connectivity index (χ4n) is 6.50. The van der Waals surface area contributed by atoms with Crippen molar-refractivity contribution in [1.29, 1.82) is 0 Å². The van der Waals surface area contributed by atoms with Crippen molar-refractivity contribution >= 4 is 26.5 Å². The Bertz CT molecular complexity index is 1300. The van der Waals surface area contributed by atoms with E-state index < -0.39 is 50.7 Å². The lowest BCUT2D eigenvalue weighted by atomic mass is 9.83. The molecule has 0 aromatic heterocycles. The van der Waals surface area contributed by atoms with E-state index in [1.807, 2.05) is 6.07 Å². The molecule has 3 rings (SSSR count). The van der Waals surface area contributed by atoms with E-state index in [4.69, 9.17) is 23.1 Å². The van der Waals surface area contributed by atoms with Gasteiger partial charge in [-0.15, -0.1) is 0 Å². The fourth-order valence-corrected chi connectivity index (χ4v) is 10.6. The van der Waals surface area contributed by atoms with Crippen LogP contribution in [0.2, 0.25) is 36.3 Å². The van der Waals surface area contributed by atoms with Crippen molar-refractivity contribution < 1.29 is 36.6 Å². The van der Waals surface area contributed by atoms with E-state index in [2.05, 4.69) is 81.2 Å². The topological polar surface area (TPSA) is 101 Å². The molecule has 1 aromatic rings. The summed E-state index contributed by atoms with van der Waals surface area (Å²) in [6, 6.07) is 8.64. The van der Waals surface area contributed by atoms with Gasteiger partial charge in [0.15, 0.2) is 26.5 Å². The third-order valence-electron chi connectivity index (χ3n) is 11.8. The van der Waals surface area contributed by atoms with E-state index in [1.54, 1.807) is 31.4 Å². The van der Waals surface area contributed by atoms with E-state index in [0.717, 1.165) is 18.4 Å². The number of methoxy groups -OCH3 is 1. The molecule has 2 aliphatic heterocycles. The minimum atomic E-state index is -3.65. The Morgan fingerprint density at radius 1 is 0.980 bits per heavy atom. The van der Waals surface area contributed by atoms with Crippen molar-refractivity contribution in [3.05, 3.63) is 42.5 Å². The first kappa shape index (κ1) is 42.5. The van der Waals surface area contributed by atoms with Gasteiger partial charge in [-0.25, -0.2) is 8.42 Å². The largest absolute Gasteiger partial charge is 0.414 e. The second kappa shape index (κ2) is 16.8. The van der Waals surface area contributed by atoms with Gasteiger partial charge in [0.25, 0.3) is 0 Å². The average molecular weight is 741 g/mol. The van der Waals surface area contributed by atoms with Crippen LogP contribution >= 0.6 is 0 Å². The summed E-state index contributed by atoms with van der Waals surface area (Å²) in [5.41, 5.74) is 1.01. The molecule has 282 valence electrons. The Hall–Kier alpha value is -0.896. The summed E-state index contributed by atoms with van der Waals surface area (Å²) in [6.07, 6.45) is 1.49. The van der Waals surface area contributed by atoms with E-state index in [9.17, 15) is 13.5 Å². The maximum absolute atomic E-state index is 13.9. The summed E-state index contributed by atoms with van der Waals surface area (Å²) in [5.74, 6) is -0.285. The number of aliphatic hydroxyl groups excluding tert-OH is 1. The first-order chi connectivity index (χ1) is 22.5. The predicted octanol–water partition coefficient (Wildman–Crippen LogP) is 8.17. The molecule has 5 unspecified atom stereocenters. The van der Waals surface area contributed by atoms with E-state index in [-0.39, 0.29) is 46.7 Å². The van der Waals surface area contributed by atoms with Crippen LogP contribution in [0.5, 0.6) is 0 Å². The molecule has 2 saturated heterocycles. The molecule has 0 radical (unpaired) electrons. The second-order valence-corrected chi connectivity index (χ2v) is 29.1. The van der Waals surface area contributed by atoms with Gasteiger partial charge in [-0.1, -0.05) is 73.2 Å². The van der Waals surface area contributed by atoms with Crippen LogP contribution in [0.15, 0.2) is 47.4 Å². The quantitative estimate of drug-likeness (QED) is 0.134. The van der Waals surface area contributed by atoms with E-state index in [0.29, 0.717) is 30.8 Å². The summed E-state index contributed by atoms with van der Waals surface area (Å²) in [5, 5.41) is 9.51. The molecule has 2 fully saturated rings. The van der Waals surface area contributed by atoms with Gasteiger partial charge in [-0.2, -0.15) is 0 Å². The summed E-state index contributed by atoms with van der Waals surface area (Å²) in [4.78, 5) is 0.296. The third-order valence-corrected chi connectivity index (χ3v) is 22.6. The normalized spacial score (nSPS) is 28.2. The number of aliphatic hydroxyl groups is 1. The van der Waals surface area contributed by atoms with Gasteiger partial charge in [-0.05, 0) is 79.2 Å². The molecule has 1 N–H and O–H groups in total. The van der Waals surface area contributed by atoms with Gasteiger partial charge in [-0.3, -0.25) is 0 Å². The number of hydrogen-bond donors (Lipinski definition) is 1. The lowest BCUT2D eigenvalue weighted by Crippen LogP contribution is -2.49. The highest BCUT2D eigenvalue weighted by Gasteiger charge is 2.50. The summed E-state index contributed by atoms with van der Waals surface area (Å²) in [7, 11) is -6.28. The lowest BCUT2D eigenvalue weighted by molar-refractivity contribution is -0.0760. The third kappa shape index (κ3) is 11.1. The van der Waals surface area contributed by atoms with E-state index in [1.165, 1.54) is 0 Å². The average Bonchev–Trinajstić information content (AvgIpc) is 3.30. The van der Waals surface area contributed by atoms with Crippen molar-refractivity contribution in [3.8, 4) is 0 Å². The molecule has 0 spiro atoms. The van der Waals surface area contributed by atoms with Crippen molar-refractivity contribution in [2.24, 2.45) is 11.8 Å². The van der Waals surface area contributed by atoms with Crippen LogP contribution in [-0.4, -0.2) is 92.9 Å². The summed E-state index contributed by atoms with van der Waals surface area (Å²) < 4.78 is 61.3. The molecule has 8 nitrogen and oxygen atoms in total. The molecule has 11 heteroatoms. The Morgan fingerprint density at radius 3 is 2.14 bits per heavy atom. The minimum absolute atomic E-state index is 0.00378. The zero-order valence-electron chi connectivity index (χ0n) is 32.6. The summed E-state index contributed by atoms with van der Waals surface area (Å²) in [6.45, 7) is 29.6. The minimum Gasteiger partial charge on any atom is -0.414 e. The molecule has 2 heterocycles. The van der Waals surface area contributed by atoms with Crippen molar-refractivity contribution in [2.45, 2.75) is 158 Å². The molecule has 0 amide bonds. The van der Waals surface area contributed by atoms with Crippen LogP contribution in [0, 0.1) is 11.8 Å². The van der Waals surface area contributed by atoms with Crippen molar-refractivity contribution in [2.75, 3.05) is 26.1 Å². The van der Waals surface area contributed by atoms with Gasteiger partial charge in [0, 0.05) is 32.5 Å². The van der Waals surface area contributed by atoms with Gasteiger partial charge in [0.1, 0.15) is 0 Å². The SMILES string of the molecule is C=C1C(C)C[C@H](CCCO)OC1C[C@@H]1OC(CC(CO[Si](C)(C)C(C)(C)C)O[Si](C)(C)C(C)(C)C)[C@H](OC)C1CS(=O)(=O)c1ccccc1. The van der Waals surface area contributed by atoms with Crippen molar-refractivity contribution in [3.63, 3.8) is 0 Å². The van der Waals surface area contributed by atoms with Gasteiger partial charge in [0.05, 0.1) is 53.9 Å². The zero-order valence-corrected chi connectivity index (χ0v) is 35.4.